The third kappa shape index (κ3) is 2.27. The molecule has 0 bridgehead atoms. The van der Waals surface area contributed by atoms with Gasteiger partial charge < -0.3 is 0 Å². The number of benzene rings is 1. The predicted octanol–water partition coefficient (Wildman–Crippen LogP) is 2.27. The monoisotopic (exact) mass is 223 g/mol. The van der Waals surface area contributed by atoms with Crippen LogP contribution in [0.3, 0.4) is 0 Å². The minimum atomic E-state index is -3.52. The first-order valence-corrected chi connectivity index (χ1v) is 5.81. The van der Waals surface area contributed by atoms with Crippen LogP contribution in [0, 0.1) is 6.92 Å². The summed E-state index contributed by atoms with van der Waals surface area (Å²) in [6.07, 6.45) is 2.42. The second kappa shape index (κ2) is 4.31. The second-order valence-electron chi connectivity index (χ2n) is 3.01. The number of hydrogen-bond acceptors (Lipinski definition) is 2. The van der Waals surface area contributed by atoms with E-state index in [1.807, 2.05) is 6.92 Å². The molecule has 0 saturated carbocycles. The molecule has 0 saturated heterocycles. The van der Waals surface area contributed by atoms with E-state index in [0.717, 1.165) is 9.87 Å². The van der Waals surface area contributed by atoms with Crippen molar-refractivity contribution in [3.05, 3.63) is 55.4 Å². The van der Waals surface area contributed by atoms with Crippen LogP contribution in [0.25, 0.3) is 0 Å². The molecule has 0 heterocycles. The van der Waals surface area contributed by atoms with Crippen molar-refractivity contribution in [3.8, 4) is 0 Å². The maximum atomic E-state index is 11.9. The predicted molar refractivity (Wildman–Crippen MR) is 60.6 cm³/mol. The van der Waals surface area contributed by atoms with Gasteiger partial charge in [-0.25, -0.2) is 8.42 Å². The molecule has 0 unspecified atom stereocenters. The van der Waals surface area contributed by atoms with Gasteiger partial charge in [-0.3, -0.25) is 4.31 Å². The lowest BCUT2D eigenvalue weighted by molar-refractivity contribution is 0.553. The number of sulfonamides is 1. The number of aryl methyl sites for hydroxylation is 1. The van der Waals surface area contributed by atoms with Gasteiger partial charge in [0.25, 0.3) is 10.0 Å². The zero-order chi connectivity index (χ0) is 11.5. The quantitative estimate of drug-likeness (QED) is 0.785. The summed E-state index contributed by atoms with van der Waals surface area (Å²) in [7, 11) is -3.52. The lowest BCUT2D eigenvalue weighted by atomic mass is 10.2. The van der Waals surface area contributed by atoms with E-state index in [1.165, 1.54) is 12.4 Å². The molecule has 1 aromatic rings. The Labute approximate surface area is 90.4 Å². The van der Waals surface area contributed by atoms with Crippen LogP contribution in [0.2, 0.25) is 0 Å². The molecule has 1 rings (SSSR count). The molecule has 0 aliphatic rings. The first-order chi connectivity index (χ1) is 7.02. The molecule has 0 radical (unpaired) electrons. The summed E-state index contributed by atoms with van der Waals surface area (Å²) in [6, 6.07) is 6.61. The Morgan fingerprint density at radius 1 is 1.13 bits per heavy atom. The molecule has 0 aliphatic heterocycles. The highest BCUT2D eigenvalue weighted by Gasteiger charge is 2.18. The van der Waals surface area contributed by atoms with E-state index >= 15 is 0 Å². The Balaban J connectivity index is 3.22. The van der Waals surface area contributed by atoms with Gasteiger partial charge >= 0.3 is 0 Å². The van der Waals surface area contributed by atoms with Crippen LogP contribution in [-0.4, -0.2) is 12.7 Å². The summed E-state index contributed by atoms with van der Waals surface area (Å²) in [5, 5.41) is 0. The van der Waals surface area contributed by atoms with Gasteiger partial charge in [-0.2, -0.15) is 0 Å². The molecule has 0 fully saturated rings. The molecular weight excluding hydrogens is 210 g/mol. The molecular formula is C11H13NO2S. The largest absolute Gasteiger partial charge is 0.267 e. The normalized spacial score (nSPS) is 10.7. The lowest BCUT2D eigenvalue weighted by Crippen LogP contribution is -2.19. The van der Waals surface area contributed by atoms with Gasteiger partial charge in [0.1, 0.15) is 0 Å². The van der Waals surface area contributed by atoms with Crippen LogP contribution >= 0.6 is 0 Å². The summed E-state index contributed by atoms with van der Waals surface area (Å²) < 4.78 is 24.8. The first kappa shape index (κ1) is 11.5. The van der Waals surface area contributed by atoms with Crippen molar-refractivity contribution in [2.75, 3.05) is 0 Å². The molecule has 80 valence electrons. The third-order valence-electron chi connectivity index (χ3n) is 1.96. The third-order valence-corrected chi connectivity index (χ3v) is 3.68. The van der Waals surface area contributed by atoms with Crippen molar-refractivity contribution in [3.63, 3.8) is 0 Å². The fourth-order valence-electron chi connectivity index (χ4n) is 1.10. The smallest absolute Gasteiger partial charge is 0.250 e. The zero-order valence-corrected chi connectivity index (χ0v) is 9.37. The Morgan fingerprint density at radius 3 is 2.00 bits per heavy atom. The second-order valence-corrected chi connectivity index (χ2v) is 4.86. The van der Waals surface area contributed by atoms with E-state index in [-0.39, 0.29) is 4.90 Å². The van der Waals surface area contributed by atoms with Crippen LogP contribution in [-0.2, 0) is 10.0 Å². The molecule has 0 N–H and O–H groups in total. The number of nitrogens with zero attached hydrogens (tertiary/aromatic N) is 1. The summed E-state index contributed by atoms with van der Waals surface area (Å²) in [4.78, 5) is 0.230. The maximum absolute atomic E-state index is 11.9. The van der Waals surface area contributed by atoms with E-state index in [9.17, 15) is 8.42 Å². The summed E-state index contributed by atoms with van der Waals surface area (Å²) in [5.74, 6) is 0. The molecule has 4 heteroatoms. The van der Waals surface area contributed by atoms with Crippen molar-refractivity contribution in [1.29, 1.82) is 0 Å². The van der Waals surface area contributed by atoms with Gasteiger partial charge in [0.05, 0.1) is 4.90 Å². The minimum absolute atomic E-state index is 0.230. The van der Waals surface area contributed by atoms with Crippen molar-refractivity contribution >= 4 is 10.0 Å². The van der Waals surface area contributed by atoms with Gasteiger partial charge in [-0.05, 0) is 19.1 Å². The fraction of sp³-hybridized carbons (Fsp3) is 0.0909. The van der Waals surface area contributed by atoms with Crippen molar-refractivity contribution < 1.29 is 8.42 Å². The molecule has 0 aromatic heterocycles. The highest BCUT2D eigenvalue weighted by atomic mass is 32.2. The van der Waals surface area contributed by atoms with Crippen LogP contribution in [0.15, 0.2) is 54.7 Å². The lowest BCUT2D eigenvalue weighted by Gasteiger charge is -2.14. The molecule has 3 nitrogen and oxygen atoms in total. The highest BCUT2D eigenvalue weighted by Crippen LogP contribution is 2.16. The van der Waals surface area contributed by atoms with Crippen molar-refractivity contribution in [2.24, 2.45) is 0 Å². The maximum Gasteiger partial charge on any atom is 0.267 e. The summed E-state index contributed by atoms with van der Waals surface area (Å²) >= 11 is 0. The molecule has 1 aromatic carbocycles. The molecule has 15 heavy (non-hydrogen) atoms. The van der Waals surface area contributed by atoms with Crippen molar-refractivity contribution in [1.82, 2.24) is 4.31 Å². The van der Waals surface area contributed by atoms with Crippen molar-refractivity contribution in [2.45, 2.75) is 11.8 Å². The Kier molecular flexibility index (Phi) is 3.31. The van der Waals surface area contributed by atoms with Gasteiger partial charge in [0.15, 0.2) is 0 Å². The number of hydrogen-bond donors (Lipinski definition) is 0. The zero-order valence-electron chi connectivity index (χ0n) is 8.55. The van der Waals surface area contributed by atoms with Gasteiger partial charge in [0.2, 0.25) is 0 Å². The van der Waals surface area contributed by atoms with Crippen LogP contribution in [0.1, 0.15) is 5.56 Å². The average Bonchev–Trinajstić information content (AvgIpc) is 2.19. The Hall–Kier alpha value is -1.55. The van der Waals surface area contributed by atoms with Gasteiger partial charge in [0, 0.05) is 12.4 Å². The van der Waals surface area contributed by atoms with Crippen LogP contribution in [0.4, 0.5) is 0 Å². The molecule has 0 aliphatic carbocycles. The molecule has 0 spiro atoms. The standard InChI is InChI=1S/C11H13NO2S/c1-4-12(5-2)15(13,14)11-8-6-10(3)7-9-11/h4-9H,1-2H2,3H3. The highest BCUT2D eigenvalue weighted by molar-refractivity contribution is 7.89. The van der Waals surface area contributed by atoms with E-state index in [0.29, 0.717) is 0 Å². The number of rotatable bonds is 4. The van der Waals surface area contributed by atoms with E-state index in [2.05, 4.69) is 13.2 Å². The summed E-state index contributed by atoms with van der Waals surface area (Å²) in [6.45, 7) is 8.73. The minimum Gasteiger partial charge on any atom is -0.250 e. The van der Waals surface area contributed by atoms with Gasteiger partial charge in [-0.1, -0.05) is 30.9 Å². The van der Waals surface area contributed by atoms with E-state index < -0.39 is 10.0 Å². The topological polar surface area (TPSA) is 37.4 Å². The Morgan fingerprint density at radius 2 is 1.60 bits per heavy atom. The molecule has 0 atom stereocenters. The Bertz CT molecular complexity index is 452. The summed E-state index contributed by atoms with van der Waals surface area (Å²) in [5.41, 5.74) is 1.01. The average molecular weight is 223 g/mol. The first-order valence-electron chi connectivity index (χ1n) is 4.37. The van der Waals surface area contributed by atoms with Gasteiger partial charge in [-0.15, -0.1) is 0 Å². The van der Waals surface area contributed by atoms with E-state index in [1.54, 1.807) is 24.3 Å². The fourth-order valence-corrected chi connectivity index (χ4v) is 2.22. The van der Waals surface area contributed by atoms with Crippen LogP contribution in [0.5, 0.6) is 0 Å². The van der Waals surface area contributed by atoms with E-state index in [4.69, 9.17) is 0 Å². The SMILES string of the molecule is C=CN(C=C)S(=O)(=O)c1ccc(C)cc1. The molecule has 0 amide bonds. The van der Waals surface area contributed by atoms with Crippen LogP contribution < -0.4 is 0 Å².